The molecule has 1 atom stereocenters. The van der Waals surface area contributed by atoms with Gasteiger partial charge in [-0.15, -0.1) is 0 Å². The standard InChI is InChI=1S/C18H20N2/c1-20-9-8-16(12-20)19-15-6-7-18-14(11-15)10-13-4-2-3-5-17(13)18/h2-7,11,16,19H,8-10,12H2,1H3. The highest BCUT2D eigenvalue weighted by Gasteiger charge is 2.21. The predicted octanol–water partition coefficient (Wildman–Crippen LogP) is 3.37. The maximum Gasteiger partial charge on any atom is 0.0400 e. The molecule has 1 heterocycles. The van der Waals surface area contributed by atoms with E-state index in [1.807, 2.05) is 0 Å². The van der Waals surface area contributed by atoms with E-state index in [9.17, 15) is 0 Å². The summed E-state index contributed by atoms with van der Waals surface area (Å²) in [5.74, 6) is 0. The van der Waals surface area contributed by atoms with E-state index in [0.29, 0.717) is 6.04 Å². The van der Waals surface area contributed by atoms with Gasteiger partial charge in [0.25, 0.3) is 0 Å². The third-order valence-corrected chi connectivity index (χ3v) is 4.56. The molecule has 102 valence electrons. The average Bonchev–Trinajstić information content (AvgIpc) is 3.01. The monoisotopic (exact) mass is 264 g/mol. The lowest BCUT2D eigenvalue weighted by Crippen LogP contribution is -2.23. The van der Waals surface area contributed by atoms with Crippen LogP contribution in [0, 0.1) is 0 Å². The number of hydrogen-bond donors (Lipinski definition) is 1. The van der Waals surface area contributed by atoms with Crippen molar-refractivity contribution in [2.75, 3.05) is 25.5 Å². The number of hydrogen-bond acceptors (Lipinski definition) is 2. The number of anilines is 1. The molecule has 1 saturated heterocycles. The summed E-state index contributed by atoms with van der Waals surface area (Å²) in [6.45, 7) is 2.35. The molecule has 1 N–H and O–H groups in total. The largest absolute Gasteiger partial charge is 0.381 e. The zero-order valence-corrected chi connectivity index (χ0v) is 11.9. The average molecular weight is 264 g/mol. The van der Waals surface area contributed by atoms with Crippen molar-refractivity contribution < 1.29 is 0 Å². The molecular weight excluding hydrogens is 244 g/mol. The lowest BCUT2D eigenvalue weighted by atomic mass is 10.1. The second-order valence-electron chi connectivity index (χ2n) is 6.10. The summed E-state index contributed by atoms with van der Waals surface area (Å²) in [6.07, 6.45) is 2.32. The number of benzene rings is 2. The number of rotatable bonds is 2. The minimum Gasteiger partial charge on any atom is -0.381 e. The predicted molar refractivity (Wildman–Crippen MR) is 84.2 cm³/mol. The van der Waals surface area contributed by atoms with E-state index >= 15 is 0 Å². The number of likely N-dealkylation sites (N-methyl/N-ethyl adjacent to an activating group) is 1. The summed E-state index contributed by atoms with van der Waals surface area (Å²) in [4.78, 5) is 2.39. The number of nitrogens with zero attached hydrogens (tertiary/aromatic N) is 1. The molecule has 2 nitrogen and oxygen atoms in total. The molecule has 4 rings (SSSR count). The second-order valence-corrected chi connectivity index (χ2v) is 6.10. The third kappa shape index (κ3) is 2.01. The molecule has 1 aliphatic heterocycles. The fourth-order valence-electron chi connectivity index (χ4n) is 3.52. The van der Waals surface area contributed by atoms with E-state index in [2.05, 4.69) is 59.7 Å². The van der Waals surface area contributed by atoms with Gasteiger partial charge in [-0.25, -0.2) is 0 Å². The van der Waals surface area contributed by atoms with Crippen LogP contribution in [0.1, 0.15) is 17.5 Å². The summed E-state index contributed by atoms with van der Waals surface area (Å²) in [7, 11) is 2.20. The molecule has 2 heteroatoms. The Labute approximate surface area is 120 Å². The Balaban J connectivity index is 1.59. The van der Waals surface area contributed by atoms with Crippen LogP contribution in [0.4, 0.5) is 5.69 Å². The summed E-state index contributed by atoms with van der Waals surface area (Å²) in [5.41, 5.74) is 7.02. The Morgan fingerprint density at radius 3 is 2.75 bits per heavy atom. The molecule has 0 radical (unpaired) electrons. The second kappa shape index (κ2) is 4.64. The maximum absolute atomic E-state index is 3.69. The first kappa shape index (κ1) is 12.0. The maximum atomic E-state index is 3.69. The molecule has 2 aromatic rings. The quantitative estimate of drug-likeness (QED) is 0.763. The Hall–Kier alpha value is -1.80. The highest BCUT2D eigenvalue weighted by Crippen LogP contribution is 2.37. The Bertz CT molecular complexity index is 648. The van der Waals surface area contributed by atoms with Crippen LogP contribution >= 0.6 is 0 Å². The molecule has 0 aromatic heterocycles. The summed E-state index contributed by atoms with van der Waals surface area (Å²) in [5, 5.41) is 3.69. The third-order valence-electron chi connectivity index (χ3n) is 4.56. The van der Waals surface area contributed by atoms with Crippen molar-refractivity contribution in [3.8, 4) is 11.1 Å². The Kier molecular flexibility index (Phi) is 2.78. The van der Waals surface area contributed by atoms with Crippen LogP contribution in [0.5, 0.6) is 0 Å². The summed E-state index contributed by atoms with van der Waals surface area (Å²) >= 11 is 0. The van der Waals surface area contributed by atoms with Crippen molar-refractivity contribution in [3.63, 3.8) is 0 Å². The van der Waals surface area contributed by atoms with Gasteiger partial charge < -0.3 is 10.2 Å². The topological polar surface area (TPSA) is 15.3 Å². The first-order chi connectivity index (χ1) is 9.79. The molecule has 2 aliphatic rings. The van der Waals surface area contributed by atoms with E-state index < -0.39 is 0 Å². The smallest absolute Gasteiger partial charge is 0.0400 e. The number of nitrogens with one attached hydrogen (secondary N) is 1. The van der Waals surface area contributed by atoms with Gasteiger partial charge in [0.15, 0.2) is 0 Å². The van der Waals surface area contributed by atoms with Crippen LogP contribution in [0.2, 0.25) is 0 Å². The zero-order valence-electron chi connectivity index (χ0n) is 11.9. The fraction of sp³-hybridized carbons (Fsp3) is 0.333. The molecule has 1 unspecified atom stereocenters. The molecule has 1 fully saturated rings. The number of likely N-dealkylation sites (tertiary alicyclic amines) is 1. The van der Waals surface area contributed by atoms with Crippen molar-refractivity contribution in [2.24, 2.45) is 0 Å². The van der Waals surface area contributed by atoms with Crippen molar-refractivity contribution in [1.29, 1.82) is 0 Å². The Morgan fingerprint density at radius 2 is 1.90 bits per heavy atom. The highest BCUT2D eigenvalue weighted by molar-refractivity contribution is 5.78. The van der Waals surface area contributed by atoms with Crippen LogP contribution in [-0.4, -0.2) is 31.1 Å². The van der Waals surface area contributed by atoms with E-state index in [1.165, 1.54) is 40.9 Å². The van der Waals surface area contributed by atoms with Crippen molar-refractivity contribution in [1.82, 2.24) is 4.90 Å². The molecule has 1 aliphatic carbocycles. The molecule has 0 spiro atoms. The molecule has 2 aromatic carbocycles. The molecule has 0 bridgehead atoms. The van der Waals surface area contributed by atoms with Gasteiger partial charge in [-0.2, -0.15) is 0 Å². The van der Waals surface area contributed by atoms with E-state index in [-0.39, 0.29) is 0 Å². The van der Waals surface area contributed by atoms with Crippen LogP contribution in [-0.2, 0) is 6.42 Å². The minimum atomic E-state index is 0.599. The Morgan fingerprint density at radius 1 is 1.05 bits per heavy atom. The van der Waals surface area contributed by atoms with Crippen LogP contribution < -0.4 is 5.32 Å². The molecule has 20 heavy (non-hydrogen) atoms. The van der Waals surface area contributed by atoms with E-state index in [0.717, 1.165) is 13.0 Å². The van der Waals surface area contributed by atoms with Gasteiger partial charge in [0, 0.05) is 18.3 Å². The van der Waals surface area contributed by atoms with Crippen LogP contribution in [0.15, 0.2) is 42.5 Å². The lowest BCUT2D eigenvalue weighted by molar-refractivity contribution is 0.414. The van der Waals surface area contributed by atoms with Gasteiger partial charge in [0.1, 0.15) is 0 Å². The van der Waals surface area contributed by atoms with E-state index in [4.69, 9.17) is 0 Å². The molecular formula is C18H20N2. The zero-order chi connectivity index (χ0) is 13.5. The number of fused-ring (bicyclic) bond motifs is 3. The SMILES string of the molecule is CN1CCC(Nc2ccc3c(c2)Cc2ccccc2-3)C1. The summed E-state index contributed by atoms with van der Waals surface area (Å²) < 4.78 is 0. The van der Waals surface area contributed by atoms with Crippen molar-refractivity contribution in [3.05, 3.63) is 53.6 Å². The van der Waals surface area contributed by atoms with Crippen LogP contribution in [0.25, 0.3) is 11.1 Å². The first-order valence-electron chi connectivity index (χ1n) is 7.46. The van der Waals surface area contributed by atoms with Crippen molar-refractivity contribution in [2.45, 2.75) is 18.9 Å². The van der Waals surface area contributed by atoms with Gasteiger partial charge >= 0.3 is 0 Å². The molecule has 0 saturated carbocycles. The highest BCUT2D eigenvalue weighted by atomic mass is 15.2. The van der Waals surface area contributed by atoms with Crippen LogP contribution in [0.3, 0.4) is 0 Å². The van der Waals surface area contributed by atoms with Gasteiger partial charge in [-0.3, -0.25) is 0 Å². The summed E-state index contributed by atoms with van der Waals surface area (Å²) in [6, 6.07) is 16.2. The fourth-order valence-corrected chi connectivity index (χ4v) is 3.52. The normalized spacial score (nSPS) is 20.8. The van der Waals surface area contributed by atoms with E-state index in [1.54, 1.807) is 0 Å². The van der Waals surface area contributed by atoms with Gasteiger partial charge in [0.05, 0.1) is 0 Å². The van der Waals surface area contributed by atoms with Gasteiger partial charge in [-0.1, -0.05) is 30.3 Å². The first-order valence-corrected chi connectivity index (χ1v) is 7.46. The minimum absolute atomic E-state index is 0.599. The van der Waals surface area contributed by atoms with Crippen molar-refractivity contribution >= 4 is 5.69 Å². The molecule has 0 amide bonds. The van der Waals surface area contributed by atoms with Gasteiger partial charge in [-0.05, 0) is 60.8 Å². The lowest BCUT2D eigenvalue weighted by Gasteiger charge is -2.15. The van der Waals surface area contributed by atoms with Gasteiger partial charge in [0.2, 0.25) is 0 Å².